The Morgan fingerprint density at radius 2 is 2.00 bits per heavy atom. The first-order chi connectivity index (χ1) is 7.46. The molecule has 1 heterocycles. The predicted molar refractivity (Wildman–Crippen MR) is 63.1 cm³/mol. The highest BCUT2D eigenvalue weighted by Gasteiger charge is 2.31. The summed E-state index contributed by atoms with van der Waals surface area (Å²) >= 11 is 0. The van der Waals surface area contributed by atoms with Crippen molar-refractivity contribution in [3.05, 3.63) is 11.1 Å². The molecule has 0 amide bonds. The van der Waals surface area contributed by atoms with Gasteiger partial charge in [0.1, 0.15) is 5.60 Å². The molecule has 0 bridgehead atoms. The number of hydrogen-bond acceptors (Lipinski definition) is 3. The maximum Gasteiger partial charge on any atom is 0.309 e. The maximum absolute atomic E-state index is 11.9. The second-order valence-electron chi connectivity index (χ2n) is 5.78. The van der Waals surface area contributed by atoms with Crippen molar-refractivity contribution in [1.29, 1.82) is 0 Å². The number of esters is 1. The molecule has 16 heavy (non-hydrogen) atoms. The minimum atomic E-state index is -0.361. The highest BCUT2D eigenvalue weighted by atomic mass is 16.6. The van der Waals surface area contributed by atoms with E-state index in [0.29, 0.717) is 0 Å². The Hall–Kier alpha value is -0.830. The van der Waals surface area contributed by atoms with E-state index in [-0.39, 0.29) is 17.5 Å². The monoisotopic (exact) mass is 223 g/mol. The van der Waals surface area contributed by atoms with Crippen LogP contribution in [0.5, 0.6) is 0 Å². The van der Waals surface area contributed by atoms with Gasteiger partial charge in [-0.2, -0.15) is 0 Å². The number of nitrogens with one attached hydrogen (secondary N) is 1. The fourth-order valence-electron chi connectivity index (χ4n) is 2.43. The molecule has 0 aromatic rings. The Labute approximate surface area is 97.2 Å². The zero-order valence-electron chi connectivity index (χ0n) is 10.4. The third-order valence-electron chi connectivity index (χ3n) is 3.20. The largest absolute Gasteiger partial charge is 0.460 e. The van der Waals surface area contributed by atoms with Gasteiger partial charge in [0.15, 0.2) is 0 Å². The molecule has 3 nitrogen and oxygen atoms in total. The van der Waals surface area contributed by atoms with Gasteiger partial charge >= 0.3 is 5.97 Å². The molecule has 1 atom stereocenters. The third kappa shape index (κ3) is 2.64. The standard InChI is InChI=1S/C13H21NO2/c1-13(2,3)16-12(15)9-4-5-10-7-14-8-11(10)6-9/h9,14H,4-8H2,1-3H3. The number of carbonyl (C=O) groups is 1. The minimum absolute atomic E-state index is 0.0223. The SMILES string of the molecule is CC(C)(C)OC(=O)C1CCC2=C(CNC2)C1. The van der Waals surface area contributed by atoms with E-state index in [9.17, 15) is 4.79 Å². The lowest BCUT2D eigenvalue weighted by Gasteiger charge is -2.26. The molecule has 2 aliphatic rings. The van der Waals surface area contributed by atoms with Crippen LogP contribution in [0.3, 0.4) is 0 Å². The minimum Gasteiger partial charge on any atom is -0.460 e. The lowest BCUT2D eigenvalue weighted by Crippen LogP contribution is -2.30. The zero-order chi connectivity index (χ0) is 11.8. The smallest absolute Gasteiger partial charge is 0.309 e. The lowest BCUT2D eigenvalue weighted by molar-refractivity contribution is -0.160. The topological polar surface area (TPSA) is 38.3 Å². The van der Waals surface area contributed by atoms with E-state index in [2.05, 4.69) is 5.32 Å². The van der Waals surface area contributed by atoms with E-state index in [4.69, 9.17) is 4.74 Å². The molecular weight excluding hydrogens is 202 g/mol. The molecule has 0 fully saturated rings. The van der Waals surface area contributed by atoms with Gasteiger partial charge in [0.25, 0.3) is 0 Å². The summed E-state index contributed by atoms with van der Waals surface area (Å²) in [6.45, 7) is 7.77. The van der Waals surface area contributed by atoms with Crippen LogP contribution in [0.2, 0.25) is 0 Å². The molecule has 90 valence electrons. The summed E-state index contributed by atoms with van der Waals surface area (Å²) in [5.41, 5.74) is 2.61. The van der Waals surface area contributed by atoms with Crippen LogP contribution in [0.1, 0.15) is 40.0 Å². The van der Waals surface area contributed by atoms with E-state index >= 15 is 0 Å². The van der Waals surface area contributed by atoms with Gasteiger partial charge in [0.2, 0.25) is 0 Å². The molecule has 1 aliphatic heterocycles. The summed E-state index contributed by atoms with van der Waals surface area (Å²) in [5.74, 6) is 0.0591. The molecule has 0 saturated heterocycles. The fraction of sp³-hybridized carbons (Fsp3) is 0.769. The highest BCUT2D eigenvalue weighted by Crippen LogP contribution is 2.32. The van der Waals surface area contributed by atoms with Crippen molar-refractivity contribution in [2.45, 2.75) is 45.6 Å². The van der Waals surface area contributed by atoms with Crippen LogP contribution >= 0.6 is 0 Å². The molecule has 0 radical (unpaired) electrons. The molecule has 1 N–H and O–H groups in total. The van der Waals surface area contributed by atoms with Gasteiger partial charge in [-0.05, 0) is 40.0 Å². The normalized spacial score (nSPS) is 25.6. The van der Waals surface area contributed by atoms with Crippen LogP contribution in [0, 0.1) is 5.92 Å². The predicted octanol–water partition coefficient (Wildman–Crippen LogP) is 2.03. The van der Waals surface area contributed by atoms with E-state index in [1.165, 1.54) is 11.1 Å². The van der Waals surface area contributed by atoms with Crippen molar-refractivity contribution < 1.29 is 9.53 Å². The van der Waals surface area contributed by atoms with Gasteiger partial charge in [0.05, 0.1) is 5.92 Å². The molecule has 1 aliphatic carbocycles. The van der Waals surface area contributed by atoms with Crippen molar-refractivity contribution in [3.8, 4) is 0 Å². The summed E-state index contributed by atoms with van der Waals surface area (Å²) in [6.07, 6.45) is 2.92. The molecule has 0 spiro atoms. The van der Waals surface area contributed by atoms with Gasteiger partial charge in [-0.15, -0.1) is 0 Å². The van der Waals surface area contributed by atoms with E-state index < -0.39 is 0 Å². The van der Waals surface area contributed by atoms with Crippen LogP contribution in [-0.4, -0.2) is 24.7 Å². The summed E-state index contributed by atoms with van der Waals surface area (Å²) < 4.78 is 5.44. The molecular formula is C13H21NO2. The molecule has 0 aromatic carbocycles. The second kappa shape index (κ2) is 4.21. The Morgan fingerprint density at radius 3 is 2.69 bits per heavy atom. The third-order valence-corrected chi connectivity index (χ3v) is 3.20. The van der Waals surface area contributed by atoms with E-state index in [1.54, 1.807) is 0 Å². The second-order valence-corrected chi connectivity index (χ2v) is 5.78. The summed E-state index contributed by atoms with van der Waals surface area (Å²) in [6, 6.07) is 0. The van der Waals surface area contributed by atoms with Crippen LogP contribution in [-0.2, 0) is 9.53 Å². The van der Waals surface area contributed by atoms with Crippen molar-refractivity contribution in [3.63, 3.8) is 0 Å². The van der Waals surface area contributed by atoms with Crippen molar-refractivity contribution in [2.24, 2.45) is 5.92 Å². The molecule has 1 unspecified atom stereocenters. The van der Waals surface area contributed by atoms with Crippen molar-refractivity contribution in [2.75, 3.05) is 13.1 Å². The van der Waals surface area contributed by atoms with Crippen LogP contribution in [0.4, 0.5) is 0 Å². The first-order valence-electron chi connectivity index (χ1n) is 6.09. The van der Waals surface area contributed by atoms with Crippen molar-refractivity contribution in [1.82, 2.24) is 5.32 Å². The molecule has 0 aromatic heterocycles. The first kappa shape index (κ1) is 11.6. The maximum atomic E-state index is 11.9. The first-order valence-corrected chi connectivity index (χ1v) is 6.09. The number of hydrogen-bond donors (Lipinski definition) is 1. The number of rotatable bonds is 1. The molecule has 3 heteroatoms. The highest BCUT2D eigenvalue weighted by molar-refractivity contribution is 5.73. The Morgan fingerprint density at radius 1 is 1.31 bits per heavy atom. The molecule has 2 rings (SSSR count). The lowest BCUT2D eigenvalue weighted by atomic mass is 9.85. The summed E-state index contributed by atoms with van der Waals surface area (Å²) in [5, 5.41) is 3.35. The van der Waals surface area contributed by atoms with Gasteiger partial charge in [-0.1, -0.05) is 11.1 Å². The van der Waals surface area contributed by atoms with Crippen LogP contribution < -0.4 is 5.32 Å². The van der Waals surface area contributed by atoms with E-state index in [0.717, 1.165) is 32.4 Å². The average Bonchev–Trinajstić information content (AvgIpc) is 2.61. The van der Waals surface area contributed by atoms with Crippen molar-refractivity contribution >= 4 is 5.97 Å². The summed E-state index contributed by atoms with van der Waals surface area (Å²) in [7, 11) is 0. The Kier molecular flexibility index (Phi) is 3.06. The number of carbonyl (C=O) groups excluding carboxylic acids is 1. The van der Waals surface area contributed by atoms with Gasteiger partial charge in [-0.25, -0.2) is 0 Å². The van der Waals surface area contributed by atoms with Gasteiger partial charge in [-0.3, -0.25) is 4.79 Å². The quantitative estimate of drug-likeness (QED) is 0.546. The Balaban J connectivity index is 1.95. The average molecular weight is 223 g/mol. The van der Waals surface area contributed by atoms with E-state index in [1.807, 2.05) is 20.8 Å². The van der Waals surface area contributed by atoms with Crippen LogP contribution in [0.15, 0.2) is 11.1 Å². The Bertz CT molecular complexity index is 325. The van der Waals surface area contributed by atoms with Gasteiger partial charge < -0.3 is 10.1 Å². The molecule has 0 saturated carbocycles. The van der Waals surface area contributed by atoms with Crippen LogP contribution in [0.25, 0.3) is 0 Å². The zero-order valence-corrected chi connectivity index (χ0v) is 10.4. The van der Waals surface area contributed by atoms with Gasteiger partial charge in [0, 0.05) is 13.1 Å². The fourth-order valence-corrected chi connectivity index (χ4v) is 2.43. The summed E-state index contributed by atoms with van der Waals surface area (Å²) in [4.78, 5) is 11.9. The number of ether oxygens (including phenoxy) is 1.